The predicted octanol–water partition coefficient (Wildman–Crippen LogP) is 1.29. The van der Waals surface area contributed by atoms with Gasteiger partial charge in [0.1, 0.15) is 11.8 Å². The normalized spacial score (nSPS) is 26.9. The molecule has 0 radical (unpaired) electrons. The summed E-state index contributed by atoms with van der Waals surface area (Å²) >= 11 is 0. The molecule has 0 spiro atoms. The molecule has 2 N–H and O–H groups in total. The Morgan fingerprint density at radius 1 is 1.60 bits per heavy atom. The lowest BCUT2D eigenvalue weighted by molar-refractivity contribution is 0.0224. The van der Waals surface area contributed by atoms with Gasteiger partial charge < -0.3 is 15.4 Å². The molecule has 1 aliphatic heterocycles. The lowest BCUT2D eigenvalue weighted by Gasteiger charge is -2.27. The van der Waals surface area contributed by atoms with Gasteiger partial charge in [0, 0.05) is 13.0 Å². The van der Waals surface area contributed by atoms with Crippen molar-refractivity contribution in [2.24, 2.45) is 5.73 Å². The van der Waals surface area contributed by atoms with Crippen molar-refractivity contribution in [2.75, 3.05) is 13.1 Å². The average Bonchev–Trinajstić information content (AvgIpc) is 2.43. The maximum atomic E-state index is 13.1. The molecule has 0 aromatic carbocycles. The average molecular weight is 218 g/mol. The van der Waals surface area contributed by atoms with Gasteiger partial charge in [-0.1, -0.05) is 0 Å². The molecule has 0 aromatic heterocycles. The van der Waals surface area contributed by atoms with Crippen LogP contribution >= 0.6 is 0 Å². The number of nitrogens with zero attached hydrogens (tertiary/aromatic N) is 1. The van der Waals surface area contributed by atoms with Crippen LogP contribution in [0.15, 0.2) is 0 Å². The summed E-state index contributed by atoms with van der Waals surface area (Å²) in [5.74, 6) is 0. The van der Waals surface area contributed by atoms with Crippen LogP contribution in [-0.2, 0) is 4.74 Å². The van der Waals surface area contributed by atoms with E-state index in [2.05, 4.69) is 0 Å². The topological polar surface area (TPSA) is 55.6 Å². The molecule has 1 aliphatic rings. The van der Waals surface area contributed by atoms with Crippen LogP contribution in [0.25, 0.3) is 0 Å². The second-order valence-corrected chi connectivity index (χ2v) is 4.86. The molecule has 0 aliphatic carbocycles. The molecule has 5 heteroatoms. The van der Waals surface area contributed by atoms with Gasteiger partial charge in [0.05, 0.1) is 12.6 Å². The summed E-state index contributed by atoms with van der Waals surface area (Å²) in [5, 5.41) is 0. The summed E-state index contributed by atoms with van der Waals surface area (Å²) in [4.78, 5) is 13.0. The number of halogens is 1. The van der Waals surface area contributed by atoms with Gasteiger partial charge >= 0.3 is 6.09 Å². The van der Waals surface area contributed by atoms with E-state index in [1.54, 1.807) is 20.8 Å². The van der Waals surface area contributed by atoms with E-state index < -0.39 is 17.9 Å². The van der Waals surface area contributed by atoms with Gasteiger partial charge in [0.2, 0.25) is 0 Å². The predicted molar refractivity (Wildman–Crippen MR) is 55.3 cm³/mol. The Morgan fingerprint density at radius 3 is 2.67 bits per heavy atom. The fraction of sp³-hybridized carbons (Fsp3) is 0.900. The maximum Gasteiger partial charge on any atom is 0.410 e. The Bertz CT molecular complexity index is 240. The number of likely N-dealkylation sites (tertiary alicyclic amines) is 1. The Balaban J connectivity index is 2.59. The molecule has 1 saturated heterocycles. The number of nitrogens with two attached hydrogens (primary N) is 1. The van der Waals surface area contributed by atoms with Crippen molar-refractivity contribution in [2.45, 2.75) is 45.0 Å². The summed E-state index contributed by atoms with van der Waals surface area (Å²) < 4.78 is 18.3. The smallest absolute Gasteiger partial charge is 0.410 e. The Hall–Kier alpha value is -0.840. The first-order chi connectivity index (χ1) is 6.83. The SMILES string of the molecule is CC(C)(C)OC(=O)N1C[C@@H](F)C[C@H]1CN. The number of carbonyl (C=O) groups is 1. The molecule has 15 heavy (non-hydrogen) atoms. The molecule has 2 atom stereocenters. The third kappa shape index (κ3) is 3.34. The molecule has 1 amide bonds. The first kappa shape index (κ1) is 12.2. The molecule has 0 unspecified atom stereocenters. The molecule has 0 saturated carbocycles. The van der Waals surface area contributed by atoms with Gasteiger partial charge in [0.15, 0.2) is 0 Å². The molecule has 1 heterocycles. The lowest BCUT2D eigenvalue weighted by atomic mass is 10.2. The minimum atomic E-state index is -0.980. The molecule has 0 bridgehead atoms. The van der Waals surface area contributed by atoms with Crippen molar-refractivity contribution in [3.05, 3.63) is 0 Å². The van der Waals surface area contributed by atoms with Gasteiger partial charge in [-0.2, -0.15) is 0 Å². The maximum absolute atomic E-state index is 13.1. The fourth-order valence-corrected chi connectivity index (χ4v) is 1.63. The van der Waals surface area contributed by atoms with E-state index in [0.717, 1.165) is 0 Å². The largest absolute Gasteiger partial charge is 0.444 e. The van der Waals surface area contributed by atoms with Crippen LogP contribution < -0.4 is 5.73 Å². The highest BCUT2D eigenvalue weighted by Gasteiger charge is 2.36. The van der Waals surface area contributed by atoms with Gasteiger partial charge in [-0.3, -0.25) is 0 Å². The third-order valence-corrected chi connectivity index (χ3v) is 2.26. The zero-order chi connectivity index (χ0) is 11.6. The van der Waals surface area contributed by atoms with Crippen molar-refractivity contribution >= 4 is 6.09 Å². The van der Waals surface area contributed by atoms with E-state index in [0.29, 0.717) is 6.42 Å². The van der Waals surface area contributed by atoms with Crippen LogP contribution in [0, 0.1) is 0 Å². The third-order valence-electron chi connectivity index (χ3n) is 2.26. The van der Waals surface area contributed by atoms with Crippen molar-refractivity contribution in [1.82, 2.24) is 4.90 Å². The standard InChI is InChI=1S/C10H19FN2O2/c1-10(2,3)15-9(14)13-6-7(11)4-8(13)5-12/h7-8H,4-6,12H2,1-3H3/t7-,8-/m0/s1. The second kappa shape index (κ2) is 4.35. The fourth-order valence-electron chi connectivity index (χ4n) is 1.63. The van der Waals surface area contributed by atoms with Crippen LogP contribution in [0.4, 0.5) is 9.18 Å². The Kier molecular flexibility index (Phi) is 3.54. The summed E-state index contributed by atoms with van der Waals surface area (Å²) in [7, 11) is 0. The van der Waals surface area contributed by atoms with E-state index in [1.165, 1.54) is 4.90 Å². The van der Waals surface area contributed by atoms with E-state index in [1.807, 2.05) is 0 Å². The monoisotopic (exact) mass is 218 g/mol. The van der Waals surface area contributed by atoms with E-state index in [9.17, 15) is 9.18 Å². The molecule has 0 aromatic rings. The summed E-state index contributed by atoms with van der Waals surface area (Å²) in [6.07, 6.45) is -1.14. The highest BCUT2D eigenvalue weighted by molar-refractivity contribution is 5.69. The molecular weight excluding hydrogens is 199 g/mol. The van der Waals surface area contributed by atoms with E-state index >= 15 is 0 Å². The number of carbonyl (C=O) groups excluding carboxylic acids is 1. The molecule has 4 nitrogen and oxygen atoms in total. The van der Waals surface area contributed by atoms with Crippen LogP contribution in [0.2, 0.25) is 0 Å². The van der Waals surface area contributed by atoms with Crippen molar-refractivity contribution < 1.29 is 13.9 Å². The summed E-state index contributed by atoms with van der Waals surface area (Å²) in [5.41, 5.74) is 4.92. The zero-order valence-corrected chi connectivity index (χ0v) is 9.50. The first-order valence-corrected chi connectivity index (χ1v) is 5.17. The summed E-state index contributed by atoms with van der Waals surface area (Å²) in [6, 6.07) is -0.227. The summed E-state index contributed by atoms with van der Waals surface area (Å²) in [6.45, 7) is 5.72. The first-order valence-electron chi connectivity index (χ1n) is 5.17. The van der Waals surface area contributed by atoms with Gasteiger partial charge in [0.25, 0.3) is 0 Å². The second-order valence-electron chi connectivity index (χ2n) is 4.86. The minimum absolute atomic E-state index is 0.0940. The Morgan fingerprint density at radius 2 is 2.20 bits per heavy atom. The van der Waals surface area contributed by atoms with Crippen LogP contribution in [-0.4, -0.2) is 41.9 Å². The van der Waals surface area contributed by atoms with E-state index in [-0.39, 0.29) is 19.1 Å². The molecule has 1 rings (SSSR count). The highest BCUT2D eigenvalue weighted by atomic mass is 19.1. The number of alkyl halides is 1. The van der Waals surface area contributed by atoms with Crippen molar-refractivity contribution in [3.63, 3.8) is 0 Å². The van der Waals surface area contributed by atoms with Crippen LogP contribution in [0.3, 0.4) is 0 Å². The highest BCUT2D eigenvalue weighted by Crippen LogP contribution is 2.22. The molecule has 1 fully saturated rings. The Labute approximate surface area is 89.6 Å². The van der Waals surface area contributed by atoms with Gasteiger partial charge in [-0.15, -0.1) is 0 Å². The van der Waals surface area contributed by atoms with Crippen LogP contribution in [0.1, 0.15) is 27.2 Å². The number of ether oxygens (including phenoxy) is 1. The van der Waals surface area contributed by atoms with Crippen molar-refractivity contribution in [1.29, 1.82) is 0 Å². The number of rotatable bonds is 1. The van der Waals surface area contributed by atoms with E-state index in [4.69, 9.17) is 10.5 Å². The number of amides is 1. The van der Waals surface area contributed by atoms with Gasteiger partial charge in [-0.25, -0.2) is 9.18 Å². The quantitative estimate of drug-likeness (QED) is 0.721. The number of hydrogen-bond acceptors (Lipinski definition) is 3. The molecule has 88 valence electrons. The van der Waals surface area contributed by atoms with Crippen LogP contribution in [0.5, 0.6) is 0 Å². The van der Waals surface area contributed by atoms with Gasteiger partial charge in [-0.05, 0) is 20.8 Å². The van der Waals surface area contributed by atoms with Crippen molar-refractivity contribution in [3.8, 4) is 0 Å². The lowest BCUT2D eigenvalue weighted by Crippen LogP contribution is -2.43. The number of hydrogen-bond donors (Lipinski definition) is 1. The zero-order valence-electron chi connectivity index (χ0n) is 9.50. The molecular formula is C10H19FN2O2. The minimum Gasteiger partial charge on any atom is -0.444 e.